The highest BCUT2D eigenvalue weighted by Gasteiger charge is 2.38. The summed E-state index contributed by atoms with van der Waals surface area (Å²) in [5, 5.41) is 0.829. The van der Waals surface area contributed by atoms with Gasteiger partial charge in [-0.15, -0.1) is 0 Å². The molecule has 380 valence electrons. The Morgan fingerprint density at radius 3 is 2.03 bits per heavy atom. The zero-order valence-corrected chi connectivity index (χ0v) is 45.4. The van der Waals surface area contributed by atoms with Gasteiger partial charge >= 0.3 is 0 Å². The molecule has 0 fully saturated rings. The van der Waals surface area contributed by atoms with Crippen molar-refractivity contribution >= 4 is 44.6 Å². The van der Waals surface area contributed by atoms with E-state index in [-0.39, 0.29) is 56.7 Å². The van der Waals surface area contributed by atoms with Gasteiger partial charge in [-0.25, -0.2) is 4.98 Å². The molecule has 0 unspecified atom stereocenters. The summed E-state index contributed by atoms with van der Waals surface area (Å²) in [6, 6.07) is 52.7. The summed E-state index contributed by atoms with van der Waals surface area (Å²) in [5.74, 6) is 1.20. The number of pyridine rings is 1. The van der Waals surface area contributed by atoms with Crippen molar-refractivity contribution in [2.45, 2.75) is 111 Å². The number of nitrogens with zero attached hydrogens (tertiary/aromatic N) is 4. The molecule has 0 saturated heterocycles. The van der Waals surface area contributed by atoms with Crippen molar-refractivity contribution < 1.29 is 14.3 Å². The smallest absolute Gasteiger partial charge is 0.137 e. The van der Waals surface area contributed by atoms with Crippen LogP contribution in [-0.2, 0) is 21.7 Å². The average molecular weight is 1000 g/mol. The minimum Gasteiger partial charge on any atom is -0.457 e. The van der Waals surface area contributed by atoms with Gasteiger partial charge in [-0.1, -0.05) is 190 Å². The first-order chi connectivity index (χ1) is 39.2. The first kappa shape index (κ1) is 41.4. The van der Waals surface area contributed by atoms with E-state index < -0.39 is 12.9 Å². The molecule has 0 bridgehead atoms. The number of hydrogen-bond donors (Lipinski definition) is 0. The molecule has 0 atom stereocenters. The molecular weight excluding hydrogens is 925 g/mol. The molecule has 76 heavy (non-hydrogen) atoms. The minimum atomic E-state index is -2.54. The lowest BCUT2D eigenvalue weighted by atomic mass is 9.63. The average Bonchev–Trinajstić information content (AvgIpc) is 2.04. The van der Waals surface area contributed by atoms with Crippen LogP contribution in [0, 0.1) is 6.85 Å². The molecule has 10 aromatic rings. The number of anilines is 4. The number of aromatic nitrogens is 2. The second-order valence-corrected chi connectivity index (χ2v) is 24.3. The van der Waals surface area contributed by atoms with Crippen LogP contribution in [0.15, 0.2) is 188 Å². The van der Waals surface area contributed by atoms with Gasteiger partial charge in [0.05, 0.1) is 33.6 Å². The zero-order valence-electron chi connectivity index (χ0n) is 52.4. The Morgan fingerprint density at radius 1 is 0.553 bits per heavy atom. The molecule has 0 spiro atoms. The Hall–Kier alpha value is -7.89. The van der Waals surface area contributed by atoms with Gasteiger partial charge in [0.15, 0.2) is 0 Å². The van der Waals surface area contributed by atoms with Crippen molar-refractivity contribution in [3.8, 4) is 50.7 Å². The summed E-state index contributed by atoms with van der Waals surface area (Å²) in [5.41, 5.74) is 16.1. The largest absolute Gasteiger partial charge is 0.457 e. The molecule has 2 aliphatic rings. The maximum atomic E-state index is 9.20. The highest BCUT2D eigenvalue weighted by Crippen LogP contribution is 2.53. The Bertz CT molecular complexity index is 4240. The third kappa shape index (κ3) is 8.54. The van der Waals surface area contributed by atoms with E-state index in [4.69, 9.17) is 17.9 Å². The number of aryl methyl sites for hydroxylation is 1. The van der Waals surface area contributed by atoms with Gasteiger partial charge in [-0.2, -0.15) is 0 Å². The van der Waals surface area contributed by atoms with Crippen molar-refractivity contribution in [3.05, 3.63) is 216 Å². The topological polar surface area (TPSA) is 33.5 Å². The molecule has 12 rings (SSSR count). The number of ether oxygens (including phenoxy) is 1. The van der Waals surface area contributed by atoms with Gasteiger partial charge in [-0.3, -0.25) is 4.57 Å². The first-order valence-electron chi connectivity index (χ1n) is 30.2. The summed E-state index contributed by atoms with van der Waals surface area (Å²) in [7, 11) is 0. The van der Waals surface area contributed by atoms with E-state index in [0.717, 1.165) is 46.7 Å². The van der Waals surface area contributed by atoms with E-state index in [0.29, 0.717) is 45.6 Å². The van der Waals surface area contributed by atoms with Gasteiger partial charge in [0.25, 0.3) is 0 Å². The molecule has 0 amide bonds. The lowest BCUT2D eigenvalue weighted by Gasteiger charge is -2.42. The van der Waals surface area contributed by atoms with Crippen molar-refractivity contribution in [2.75, 3.05) is 16.5 Å². The molecule has 0 saturated carbocycles. The fourth-order valence-electron chi connectivity index (χ4n) is 11.8. The standard InChI is InChI=1S/C71H70N4O/c1-46-39-66(72-44-58(46)47-21-13-12-14-22-47)75-62-28-16-15-25-55(62)56-35-33-52(43-65(56)75)76-51-24-19-23-50(42-51)73-45-74(64-30-18-17-29-63(64)73)67-53(48-31-36-59-61(40-48)71(10,11)38-37-70(59,8)9)26-20-27-57(67)54-34-32-49(68(2,3)4)41-60(54)69(5,6)7/h12-36,39-44H,37-38,45H2,1-11H3/i1D3,15D,16D,25D,28D. The lowest BCUT2D eigenvalue weighted by molar-refractivity contribution is 0.332. The zero-order chi connectivity index (χ0) is 58.9. The van der Waals surface area contributed by atoms with Crippen LogP contribution < -0.4 is 14.5 Å². The van der Waals surface area contributed by atoms with Crippen LogP contribution >= 0.6 is 0 Å². The van der Waals surface area contributed by atoms with Gasteiger partial charge in [-0.05, 0) is 134 Å². The highest BCUT2D eigenvalue weighted by molar-refractivity contribution is 6.09. The number of hydrogen-bond acceptors (Lipinski definition) is 4. The number of fused-ring (bicyclic) bond motifs is 5. The van der Waals surface area contributed by atoms with Crippen molar-refractivity contribution in [3.63, 3.8) is 0 Å². The van der Waals surface area contributed by atoms with Gasteiger partial charge in [0, 0.05) is 55.6 Å². The van der Waals surface area contributed by atoms with Crippen LogP contribution in [-0.4, -0.2) is 16.2 Å². The van der Waals surface area contributed by atoms with Crippen LogP contribution in [0.3, 0.4) is 0 Å². The molecule has 1 aliphatic heterocycles. The Kier molecular flexibility index (Phi) is 9.88. The maximum absolute atomic E-state index is 9.20. The normalized spacial score (nSPS) is 16.5. The van der Waals surface area contributed by atoms with Crippen LogP contribution in [0.25, 0.3) is 61.0 Å². The van der Waals surface area contributed by atoms with E-state index in [2.05, 4.69) is 164 Å². The molecule has 5 heteroatoms. The first-order valence-corrected chi connectivity index (χ1v) is 26.7. The van der Waals surface area contributed by atoms with Crippen molar-refractivity contribution in [1.82, 2.24) is 9.55 Å². The van der Waals surface area contributed by atoms with Crippen LogP contribution in [0.4, 0.5) is 22.7 Å². The third-order valence-electron chi connectivity index (χ3n) is 16.1. The Labute approximate surface area is 460 Å². The van der Waals surface area contributed by atoms with E-state index >= 15 is 0 Å². The van der Waals surface area contributed by atoms with Gasteiger partial charge in [0.1, 0.15) is 24.0 Å². The van der Waals surface area contributed by atoms with Crippen molar-refractivity contribution in [1.29, 1.82) is 0 Å². The number of rotatable bonds is 8. The van der Waals surface area contributed by atoms with Crippen molar-refractivity contribution in [2.24, 2.45) is 0 Å². The van der Waals surface area contributed by atoms with Gasteiger partial charge < -0.3 is 14.5 Å². The molecule has 1 aliphatic carbocycles. The molecular formula is C71H70N4O. The second kappa shape index (κ2) is 18.2. The summed E-state index contributed by atoms with van der Waals surface area (Å²) in [6.45, 7) is 21.3. The number of benzene rings is 8. The maximum Gasteiger partial charge on any atom is 0.137 e. The molecule has 0 radical (unpaired) electrons. The summed E-state index contributed by atoms with van der Waals surface area (Å²) >= 11 is 0. The SMILES string of the molecule is [2H]c1c([2H])c([2H])c2c(c1[2H])c1ccc(Oc3cccc(N4CN(c5c(-c6ccc7c(c6)C(C)(C)CCC7(C)C)cccc5-c5ccc(C(C)(C)C)cc5C(C)(C)C)c5ccccc54)c3)cc1n2-c1cc(C([2H])([2H])[2H])c(-c2ccccc2)cn1. The van der Waals surface area contributed by atoms with E-state index in [9.17, 15) is 1.37 Å². The fourth-order valence-corrected chi connectivity index (χ4v) is 11.8. The Balaban J connectivity index is 0.980. The highest BCUT2D eigenvalue weighted by atomic mass is 16.5. The summed E-state index contributed by atoms with van der Waals surface area (Å²) in [6.07, 6.45) is 3.79. The molecule has 2 aromatic heterocycles. The molecule has 5 nitrogen and oxygen atoms in total. The van der Waals surface area contributed by atoms with E-state index in [1.807, 2.05) is 48.5 Å². The third-order valence-corrected chi connectivity index (χ3v) is 16.1. The quantitative estimate of drug-likeness (QED) is 0.152. The second-order valence-electron chi connectivity index (χ2n) is 24.3. The predicted octanol–water partition coefficient (Wildman–Crippen LogP) is 19.5. The van der Waals surface area contributed by atoms with Gasteiger partial charge in [0.2, 0.25) is 0 Å². The number of para-hydroxylation sites is 4. The lowest BCUT2D eigenvalue weighted by Crippen LogP contribution is -2.33. The minimum absolute atomic E-state index is 0.0162. The molecule has 8 aromatic carbocycles. The fraction of sp³-hybridized carbons (Fsp3) is 0.254. The van der Waals surface area contributed by atoms with E-state index in [1.165, 1.54) is 45.6 Å². The van der Waals surface area contributed by atoms with Crippen LogP contribution in [0.5, 0.6) is 11.5 Å². The molecule has 0 N–H and O–H groups in total. The van der Waals surface area contributed by atoms with Crippen LogP contribution in [0.1, 0.15) is 119 Å². The predicted molar refractivity (Wildman–Crippen MR) is 321 cm³/mol. The van der Waals surface area contributed by atoms with Crippen LogP contribution in [0.2, 0.25) is 0 Å². The summed E-state index contributed by atoms with van der Waals surface area (Å²) < 4.78 is 70.0. The monoisotopic (exact) mass is 1000 g/mol. The summed E-state index contributed by atoms with van der Waals surface area (Å²) in [4.78, 5) is 9.65. The molecule has 3 heterocycles. The Morgan fingerprint density at radius 2 is 1.26 bits per heavy atom. The van der Waals surface area contributed by atoms with E-state index in [1.54, 1.807) is 22.8 Å².